The molecule has 7 nitrogen and oxygen atoms in total. The van der Waals surface area contributed by atoms with Crippen molar-refractivity contribution in [3.05, 3.63) is 23.8 Å². The lowest BCUT2D eigenvalue weighted by Gasteiger charge is -2.34. The number of aryl methyl sites for hydroxylation is 1. The van der Waals surface area contributed by atoms with Crippen molar-refractivity contribution in [1.29, 1.82) is 0 Å². The largest absolute Gasteiger partial charge is 0.381 e. The maximum atomic E-state index is 11.9. The molecule has 132 valence electrons. The molecule has 3 rings (SSSR count). The summed E-state index contributed by atoms with van der Waals surface area (Å²) in [6.45, 7) is 7.59. The zero-order valence-electron chi connectivity index (χ0n) is 14.4. The number of carbonyl (C=O) groups is 1. The smallest absolute Gasteiger partial charge is 0.223 e. The van der Waals surface area contributed by atoms with Gasteiger partial charge in [-0.3, -0.25) is 14.6 Å². The number of hydrogen-bond acceptors (Lipinski definition) is 6. The van der Waals surface area contributed by atoms with Gasteiger partial charge in [0.1, 0.15) is 5.82 Å². The van der Waals surface area contributed by atoms with E-state index in [2.05, 4.69) is 19.8 Å². The molecule has 0 radical (unpaired) electrons. The average molecular weight is 333 g/mol. The third-order valence-corrected chi connectivity index (χ3v) is 4.99. The van der Waals surface area contributed by atoms with E-state index >= 15 is 0 Å². The molecule has 2 saturated heterocycles. The molecule has 2 aliphatic heterocycles. The fraction of sp³-hybridized carbons (Fsp3) is 0.706. The molecule has 2 fully saturated rings. The monoisotopic (exact) mass is 333 g/mol. The van der Waals surface area contributed by atoms with Crippen molar-refractivity contribution >= 4 is 5.91 Å². The number of rotatable bonds is 4. The van der Waals surface area contributed by atoms with Crippen molar-refractivity contribution in [2.45, 2.75) is 32.4 Å². The molecule has 2 N–H and O–H groups in total. The number of ether oxygens (including phenoxy) is 1. The predicted octanol–water partition coefficient (Wildman–Crippen LogP) is 0.183. The van der Waals surface area contributed by atoms with E-state index in [9.17, 15) is 4.79 Å². The van der Waals surface area contributed by atoms with Gasteiger partial charge in [-0.25, -0.2) is 9.97 Å². The minimum absolute atomic E-state index is 0.137. The number of amides is 1. The van der Waals surface area contributed by atoms with Crippen LogP contribution in [-0.4, -0.2) is 71.1 Å². The Morgan fingerprint density at radius 2 is 1.96 bits per heavy atom. The maximum Gasteiger partial charge on any atom is 0.223 e. The Kier molecular flexibility index (Phi) is 5.76. The van der Waals surface area contributed by atoms with Gasteiger partial charge in [-0.1, -0.05) is 0 Å². The van der Waals surface area contributed by atoms with Gasteiger partial charge in [0.2, 0.25) is 5.91 Å². The van der Waals surface area contributed by atoms with Gasteiger partial charge in [0.05, 0.1) is 5.92 Å². The Hall–Kier alpha value is -1.57. The Labute approximate surface area is 143 Å². The summed E-state index contributed by atoms with van der Waals surface area (Å²) in [6.07, 6.45) is 5.81. The summed E-state index contributed by atoms with van der Waals surface area (Å²) in [5.41, 5.74) is 6.73. The van der Waals surface area contributed by atoms with Crippen LogP contribution in [0.1, 0.15) is 24.2 Å². The molecule has 1 aromatic rings. The number of aromatic nitrogens is 2. The molecule has 0 saturated carbocycles. The molecular weight excluding hydrogens is 306 g/mol. The van der Waals surface area contributed by atoms with Crippen LogP contribution in [0.5, 0.6) is 0 Å². The molecule has 0 unspecified atom stereocenters. The number of nitrogens with two attached hydrogens (primary N) is 1. The van der Waals surface area contributed by atoms with E-state index in [0.717, 1.165) is 63.6 Å². The van der Waals surface area contributed by atoms with Crippen LogP contribution >= 0.6 is 0 Å². The van der Waals surface area contributed by atoms with Gasteiger partial charge in [-0.05, 0) is 19.8 Å². The number of carbonyl (C=O) groups excluding carboxylic acids is 1. The van der Waals surface area contributed by atoms with E-state index in [1.807, 2.05) is 19.3 Å². The number of primary amides is 1. The lowest BCUT2D eigenvalue weighted by molar-refractivity contribution is -0.122. The topological polar surface area (TPSA) is 84.6 Å². The Balaban J connectivity index is 1.66. The van der Waals surface area contributed by atoms with Crippen LogP contribution in [0.15, 0.2) is 12.4 Å². The van der Waals surface area contributed by atoms with E-state index in [-0.39, 0.29) is 11.8 Å². The van der Waals surface area contributed by atoms with E-state index in [1.54, 1.807) is 0 Å². The van der Waals surface area contributed by atoms with Gasteiger partial charge in [0, 0.05) is 69.9 Å². The Morgan fingerprint density at radius 1 is 1.25 bits per heavy atom. The lowest BCUT2D eigenvalue weighted by Crippen LogP contribution is -2.44. The first-order chi connectivity index (χ1) is 11.6. The summed E-state index contributed by atoms with van der Waals surface area (Å²) in [5.74, 6) is 0.427. The van der Waals surface area contributed by atoms with Crippen molar-refractivity contribution in [3.8, 4) is 0 Å². The zero-order valence-corrected chi connectivity index (χ0v) is 14.4. The number of hydrogen-bond donors (Lipinski definition) is 1. The van der Waals surface area contributed by atoms with Crippen LogP contribution in [-0.2, 0) is 16.1 Å². The predicted molar refractivity (Wildman–Crippen MR) is 90.1 cm³/mol. The standard InChI is InChI=1S/C17H27N5O2/c1-13-19-8-14(9-20-13)10-21-4-5-22(12-15(11-21)17(18)23)16-2-6-24-7-3-16/h8-9,15-16H,2-7,10-12H2,1H3,(H2,18,23)/t15-/m1/s1. The van der Waals surface area contributed by atoms with Gasteiger partial charge in [0.15, 0.2) is 0 Å². The van der Waals surface area contributed by atoms with E-state index in [1.165, 1.54) is 0 Å². The second-order valence-corrected chi connectivity index (χ2v) is 6.81. The van der Waals surface area contributed by atoms with E-state index in [0.29, 0.717) is 12.6 Å². The van der Waals surface area contributed by atoms with Crippen molar-refractivity contribution in [2.24, 2.45) is 11.7 Å². The van der Waals surface area contributed by atoms with Gasteiger partial charge in [-0.15, -0.1) is 0 Å². The summed E-state index contributed by atoms with van der Waals surface area (Å²) in [5, 5.41) is 0. The van der Waals surface area contributed by atoms with E-state index in [4.69, 9.17) is 10.5 Å². The zero-order chi connectivity index (χ0) is 16.9. The normalized spacial score (nSPS) is 24.6. The van der Waals surface area contributed by atoms with Gasteiger partial charge < -0.3 is 10.5 Å². The van der Waals surface area contributed by atoms with Gasteiger partial charge in [-0.2, -0.15) is 0 Å². The molecule has 0 spiro atoms. The molecular formula is C17H27N5O2. The van der Waals surface area contributed by atoms with Gasteiger partial charge in [0.25, 0.3) is 0 Å². The highest BCUT2D eigenvalue weighted by atomic mass is 16.5. The first-order valence-corrected chi connectivity index (χ1v) is 8.73. The summed E-state index contributed by atoms with van der Waals surface area (Å²) >= 11 is 0. The van der Waals surface area contributed by atoms with Crippen LogP contribution in [0.2, 0.25) is 0 Å². The van der Waals surface area contributed by atoms with Crippen LogP contribution in [0.25, 0.3) is 0 Å². The van der Waals surface area contributed by atoms with E-state index < -0.39 is 0 Å². The summed E-state index contributed by atoms with van der Waals surface area (Å²) in [4.78, 5) is 25.1. The molecule has 3 heterocycles. The highest BCUT2D eigenvalue weighted by Gasteiger charge is 2.30. The van der Waals surface area contributed by atoms with Crippen LogP contribution in [0.4, 0.5) is 0 Å². The average Bonchev–Trinajstić information content (AvgIpc) is 2.81. The fourth-order valence-electron chi connectivity index (χ4n) is 3.57. The molecule has 1 amide bonds. The second kappa shape index (κ2) is 8.00. The van der Waals surface area contributed by atoms with Crippen LogP contribution in [0, 0.1) is 12.8 Å². The van der Waals surface area contributed by atoms with Crippen molar-refractivity contribution < 1.29 is 9.53 Å². The first kappa shape index (κ1) is 17.3. The van der Waals surface area contributed by atoms with Crippen molar-refractivity contribution in [2.75, 3.05) is 39.4 Å². The Bertz CT molecular complexity index is 544. The minimum Gasteiger partial charge on any atom is -0.381 e. The summed E-state index contributed by atoms with van der Waals surface area (Å²) < 4.78 is 5.46. The van der Waals surface area contributed by atoms with Crippen LogP contribution in [0.3, 0.4) is 0 Å². The van der Waals surface area contributed by atoms with Gasteiger partial charge >= 0.3 is 0 Å². The Morgan fingerprint density at radius 3 is 2.62 bits per heavy atom. The highest BCUT2D eigenvalue weighted by molar-refractivity contribution is 5.77. The molecule has 7 heteroatoms. The molecule has 24 heavy (non-hydrogen) atoms. The summed E-state index contributed by atoms with van der Waals surface area (Å²) in [6, 6.07) is 0.503. The highest BCUT2D eigenvalue weighted by Crippen LogP contribution is 2.20. The third kappa shape index (κ3) is 4.49. The molecule has 0 aromatic carbocycles. The maximum absolute atomic E-state index is 11.9. The summed E-state index contributed by atoms with van der Waals surface area (Å²) in [7, 11) is 0. The first-order valence-electron chi connectivity index (χ1n) is 8.73. The molecule has 1 atom stereocenters. The third-order valence-electron chi connectivity index (χ3n) is 4.99. The molecule has 1 aromatic heterocycles. The minimum atomic E-state index is -0.209. The molecule has 0 aliphatic carbocycles. The molecule has 0 bridgehead atoms. The van der Waals surface area contributed by atoms with Crippen molar-refractivity contribution in [3.63, 3.8) is 0 Å². The quantitative estimate of drug-likeness (QED) is 0.846. The fourth-order valence-corrected chi connectivity index (χ4v) is 3.57. The lowest BCUT2D eigenvalue weighted by atomic mass is 10.0. The van der Waals surface area contributed by atoms with Crippen LogP contribution < -0.4 is 5.73 Å². The molecule has 2 aliphatic rings. The SMILES string of the molecule is Cc1ncc(CN2CCN(C3CCOCC3)C[C@H](C(N)=O)C2)cn1. The number of nitrogens with zero attached hydrogens (tertiary/aromatic N) is 4. The van der Waals surface area contributed by atoms with Crippen molar-refractivity contribution in [1.82, 2.24) is 19.8 Å². The second-order valence-electron chi connectivity index (χ2n) is 6.81.